The minimum absolute atomic E-state index is 0.638. The van der Waals surface area contributed by atoms with Crippen molar-refractivity contribution in [2.24, 2.45) is 0 Å². The Morgan fingerprint density at radius 3 is 3.00 bits per heavy atom. The summed E-state index contributed by atoms with van der Waals surface area (Å²) < 4.78 is 0. The molecule has 2 rings (SSSR count). The Morgan fingerprint density at radius 2 is 2.17 bits per heavy atom. The molecule has 1 aromatic carbocycles. The van der Waals surface area contributed by atoms with E-state index in [0.29, 0.717) is 6.04 Å². The van der Waals surface area contributed by atoms with Crippen LogP contribution in [0.5, 0.6) is 0 Å². The van der Waals surface area contributed by atoms with Gasteiger partial charge in [-0.2, -0.15) is 0 Å². The molecule has 12 heavy (non-hydrogen) atoms. The zero-order valence-electron chi connectivity index (χ0n) is 7.72. The SMILES string of the molecule is Cc1ccc2c(c1)CC(C)NC2. The predicted molar refractivity (Wildman–Crippen MR) is 51.2 cm³/mol. The van der Waals surface area contributed by atoms with E-state index in [9.17, 15) is 0 Å². The van der Waals surface area contributed by atoms with Crippen molar-refractivity contribution in [2.45, 2.75) is 32.9 Å². The summed E-state index contributed by atoms with van der Waals surface area (Å²) in [5.41, 5.74) is 4.38. The lowest BCUT2D eigenvalue weighted by Crippen LogP contribution is -2.32. The van der Waals surface area contributed by atoms with Gasteiger partial charge in [-0.25, -0.2) is 0 Å². The zero-order valence-corrected chi connectivity index (χ0v) is 7.72. The highest BCUT2D eigenvalue weighted by molar-refractivity contribution is 5.33. The van der Waals surface area contributed by atoms with Crippen LogP contribution >= 0.6 is 0 Å². The maximum absolute atomic E-state index is 3.46. The molecule has 1 heteroatoms. The van der Waals surface area contributed by atoms with E-state index in [1.165, 1.54) is 23.1 Å². The minimum atomic E-state index is 0.638. The number of hydrogen-bond donors (Lipinski definition) is 1. The summed E-state index contributed by atoms with van der Waals surface area (Å²) in [6, 6.07) is 7.38. The molecule has 1 aromatic rings. The highest BCUT2D eigenvalue weighted by Crippen LogP contribution is 2.17. The molecule has 0 spiro atoms. The quantitative estimate of drug-likeness (QED) is 0.614. The number of rotatable bonds is 0. The smallest absolute Gasteiger partial charge is 0.0210 e. The topological polar surface area (TPSA) is 12.0 Å². The Balaban J connectivity index is 2.37. The molecule has 0 fully saturated rings. The van der Waals surface area contributed by atoms with Crippen LogP contribution in [0.15, 0.2) is 18.2 Å². The van der Waals surface area contributed by atoms with Crippen molar-refractivity contribution in [1.82, 2.24) is 5.32 Å². The fraction of sp³-hybridized carbons (Fsp3) is 0.455. The molecule has 0 aromatic heterocycles. The van der Waals surface area contributed by atoms with Crippen LogP contribution in [0.1, 0.15) is 23.6 Å². The van der Waals surface area contributed by atoms with E-state index >= 15 is 0 Å². The van der Waals surface area contributed by atoms with E-state index in [2.05, 4.69) is 37.4 Å². The maximum Gasteiger partial charge on any atom is 0.0210 e. The molecule has 0 saturated heterocycles. The van der Waals surface area contributed by atoms with Crippen LogP contribution in [0.4, 0.5) is 0 Å². The molecule has 1 atom stereocenters. The Labute approximate surface area is 73.8 Å². The van der Waals surface area contributed by atoms with Gasteiger partial charge < -0.3 is 5.32 Å². The van der Waals surface area contributed by atoms with Crippen molar-refractivity contribution in [1.29, 1.82) is 0 Å². The van der Waals surface area contributed by atoms with E-state index < -0.39 is 0 Å². The molecule has 0 amide bonds. The number of aryl methyl sites for hydroxylation is 1. The molecule has 0 bridgehead atoms. The number of benzene rings is 1. The molecule has 0 saturated carbocycles. The lowest BCUT2D eigenvalue weighted by molar-refractivity contribution is 0.513. The summed E-state index contributed by atoms with van der Waals surface area (Å²) >= 11 is 0. The van der Waals surface area contributed by atoms with Gasteiger partial charge in [-0.1, -0.05) is 23.8 Å². The van der Waals surface area contributed by atoms with Crippen LogP contribution in [0.2, 0.25) is 0 Å². The van der Waals surface area contributed by atoms with Gasteiger partial charge in [-0.05, 0) is 31.4 Å². The predicted octanol–water partition coefficient (Wildman–Crippen LogP) is 2.03. The van der Waals surface area contributed by atoms with Gasteiger partial charge >= 0.3 is 0 Å². The number of hydrogen-bond acceptors (Lipinski definition) is 1. The Morgan fingerprint density at radius 1 is 1.33 bits per heavy atom. The second kappa shape index (κ2) is 2.91. The van der Waals surface area contributed by atoms with Crippen molar-refractivity contribution in [3.63, 3.8) is 0 Å². The Hall–Kier alpha value is -0.820. The standard InChI is InChI=1S/C11H15N/c1-8-3-4-10-7-12-9(2)6-11(10)5-8/h3-5,9,12H,6-7H2,1-2H3. The molecule has 1 aliphatic rings. The summed E-state index contributed by atoms with van der Waals surface area (Å²) in [5.74, 6) is 0. The lowest BCUT2D eigenvalue weighted by atomic mass is 9.95. The van der Waals surface area contributed by atoms with Crippen molar-refractivity contribution in [2.75, 3.05) is 0 Å². The molecule has 0 radical (unpaired) electrons. The van der Waals surface area contributed by atoms with E-state index in [-0.39, 0.29) is 0 Å². The first-order valence-electron chi connectivity index (χ1n) is 4.57. The molecule has 1 aliphatic heterocycles. The molecule has 1 heterocycles. The van der Waals surface area contributed by atoms with E-state index in [0.717, 1.165) is 6.54 Å². The summed E-state index contributed by atoms with van der Waals surface area (Å²) in [7, 11) is 0. The van der Waals surface area contributed by atoms with E-state index in [1.54, 1.807) is 0 Å². The summed E-state index contributed by atoms with van der Waals surface area (Å²) in [4.78, 5) is 0. The monoisotopic (exact) mass is 161 g/mol. The first kappa shape index (κ1) is 7.81. The van der Waals surface area contributed by atoms with Gasteiger partial charge in [0, 0.05) is 12.6 Å². The van der Waals surface area contributed by atoms with Gasteiger partial charge in [0.2, 0.25) is 0 Å². The largest absolute Gasteiger partial charge is 0.310 e. The zero-order chi connectivity index (χ0) is 8.55. The van der Waals surface area contributed by atoms with Crippen LogP contribution < -0.4 is 5.32 Å². The highest BCUT2D eigenvalue weighted by atomic mass is 14.9. The van der Waals surface area contributed by atoms with Gasteiger partial charge in [-0.15, -0.1) is 0 Å². The van der Waals surface area contributed by atoms with Crippen LogP contribution in [0.25, 0.3) is 0 Å². The summed E-state index contributed by atoms with van der Waals surface area (Å²) in [6.45, 7) is 5.44. The first-order valence-corrected chi connectivity index (χ1v) is 4.57. The summed E-state index contributed by atoms with van der Waals surface area (Å²) in [5, 5.41) is 3.46. The molecule has 64 valence electrons. The average molecular weight is 161 g/mol. The van der Waals surface area contributed by atoms with Gasteiger partial charge in [0.05, 0.1) is 0 Å². The third kappa shape index (κ3) is 1.37. The van der Waals surface area contributed by atoms with E-state index in [4.69, 9.17) is 0 Å². The molecule has 1 unspecified atom stereocenters. The molecule has 1 nitrogen and oxygen atoms in total. The minimum Gasteiger partial charge on any atom is -0.310 e. The fourth-order valence-corrected chi connectivity index (χ4v) is 1.80. The first-order chi connectivity index (χ1) is 5.75. The van der Waals surface area contributed by atoms with Gasteiger partial charge in [0.25, 0.3) is 0 Å². The molecular weight excluding hydrogens is 146 g/mol. The van der Waals surface area contributed by atoms with Crippen molar-refractivity contribution in [3.8, 4) is 0 Å². The highest BCUT2D eigenvalue weighted by Gasteiger charge is 2.13. The van der Waals surface area contributed by atoms with Gasteiger partial charge in [0.15, 0.2) is 0 Å². The van der Waals surface area contributed by atoms with Crippen molar-refractivity contribution >= 4 is 0 Å². The van der Waals surface area contributed by atoms with Gasteiger partial charge in [0.1, 0.15) is 0 Å². The number of fused-ring (bicyclic) bond motifs is 1. The van der Waals surface area contributed by atoms with Gasteiger partial charge in [-0.3, -0.25) is 0 Å². The molecular formula is C11H15N. The third-order valence-electron chi connectivity index (χ3n) is 2.53. The summed E-state index contributed by atoms with van der Waals surface area (Å²) in [6.07, 6.45) is 1.18. The lowest BCUT2D eigenvalue weighted by Gasteiger charge is -2.23. The Bertz CT molecular complexity index is 291. The third-order valence-corrected chi connectivity index (χ3v) is 2.53. The van der Waals surface area contributed by atoms with Crippen molar-refractivity contribution < 1.29 is 0 Å². The second-order valence-corrected chi connectivity index (χ2v) is 3.76. The van der Waals surface area contributed by atoms with Crippen LogP contribution in [0, 0.1) is 6.92 Å². The average Bonchev–Trinajstić information content (AvgIpc) is 2.03. The Kier molecular flexibility index (Phi) is 1.89. The van der Waals surface area contributed by atoms with Crippen LogP contribution in [0.3, 0.4) is 0 Å². The molecule has 0 aliphatic carbocycles. The number of nitrogens with one attached hydrogen (secondary N) is 1. The normalized spacial score (nSPS) is 22.0. The van der Waals surface area contributed by atoms with Crippen LogP contribution in [-0.4, -0.2) is 6.04 Å². The van der Waals surface area contributed by atoms with Crippen LogP contribution in [-0.2, 0) is 13.0 Å². The van der Waals surface area contributed by atoms with Crippen molar-refractivity contribution in [3.05, 3.63) is 34.9 Å². The maximum atomic E-state index is 3.46. The molecule has 1 N–H and O–H groups in total. The fourth-order valence-electron chi connectivity index (χ4n) is 1.80. The second-order valence-electron chi connectivity index (χ2n) is 3.76. The van der Waals surface area contributed by atoms with E-state index in [1.807, 2.05) is 0 Å².